The van der Waals surface area contributed by atoms with Crippen LogP contribution in [-0.4, -0.2) is 11.9 Å². The molecule has 1 aromatic carbocycles. The normalized spacial score (nSPS) is 11.9. The zero-order valence-electron chi connectivity index (χ0n) is 11.5. The number of amides is 1. The van der Waals surface area contributed by atoms with Crippen molar-refractivity contribution in [2.75, 3.05) is 0 Å². The molecule has 0 aliphatic rings. The van der Waals surface area contributed by atoms with Gasteiger partial charge < -0.3 is 5.32 Å². The predicted octanol–water partition coefficient (Wildman–Crippen LogP) is 4.08. The molecule has 19 heavy (non-hydrogen) atoms. The van der Waals surface area contributed by atoms with Crippen LogP contribution in [0.3, 0.4) is 0 Å². The van der Waals surface area contributed by atoms with Gasteiger partial charge >= 0.3 is 0 Å². The van der Waals surface area contributed by atoms with E-state index in [4.69, 9.17) is 0 Å². The van der Waals surface area contributed by atoms with Crippen LogP contribution in [0.4, 0.5) is 4.39 Å². The van der Waals surface area contributed by atoms with Gasteiger partial charge in [0.05, 0.1) is 0 Å². The van der Waals surface area contributed by atoms with E-state index in [-0.39, 0.29) is 17.8 Å². The molecule has 0 aliphatic heterocycles. The first-order valence-electron chi connectivity index (χ1n) is 6.81. The number of allylic oxidation sites excluding steroid dienone is 1. The van der Waals surface area contributed by atoms with E-state index >= 15 is 0 Å². The number of benzene rings is 1. The molecule has 104 valence electrons. The number of unbranched alkanes of at least 4 members (excludes halogenated alkanes) is 3. The third-order valence-corrected chi connectivity index (χ3v) is 3.01. The molecule has 1 aromatic rings. The predicted molar refractivity (Wildman–Crippen MR) is 76.6 cm³/mol. The van der Waals surface area contributed by atoms with Gasteiger partial charge in [0.2, 0.25) is 0 Å². The number of rotatable bonds is 8. The van der Waals surface area contributed by atoms with Crippen molar-refractivity contribution in [3.05, 3.63) is 48.3 Å². The summed E-state index contributed by atoms with van der Waals surface area (Å²) in [7, 11) is 0. The summed E-state index contributed by atoms with van der Waals surface area (Å²) in [6.07, 6.45) is 7.29. The molecule has 0 bridgehead atoms. The highest BCUT2D eigenvalue weighted by atomic mass is 19.1. The molecule has 2 nitrogen and oxygen atoms in total. The lowest BCUT2D eigenvalue weighted by Gasteiger charge is -2.13. The number of nitrogens with one attached hydrogen (secondary N) is 1. The topological polar surface area (TPSA) is 29.1 Å². The van der Waals surface area contributed by atoms with Crippen LogP contribution in [-0.2, 0) is 0 Å². The van der Waals surface area contributed by atoms with Crippen molar-refractivity contribution in [3.63, 3.8) is 0 Å². The zero-order chi connectivity index (χ0) is 14.1. The average molecular weight is 263 g/mol. The molecule has 1 amide bonds. The smallest absolute Gasteiger partial charge is 0.251 e. The highest BCUT2D eigenvalue weighted by molar-refractivity contribution is 5.94. The second-order valence-corrected chi connectivity index (χ2v) is 4.81. The molecule has 0 spiro atoms. The number of hydrogen-bond donors (Lipinski definition) is 1. The minimum absolute atomic E-state index is 0.111. The molecule has 0 saturated heterocycles. The van der Waals surface area contributed by atoms with E-state index in [9.17, 15) is 9.18 Å². The van der Waals surface area contributed by atoms with Crippen molar-refractivity contribution in [1.29, 1.82) is 0 Å². The summed E-state index contributed by atoms with van der Waals surface area (Å²) < 4.78 is 13.0. The number of hydrogen-bond acceptors (Lipinski definition) is 1. The van der Waals surface area contributed by atoms with E-state index in [0.717, 1.165) is 32.1 Å². The molecule has 1 N–H and O–H groups in total. The van der Waals surface area contributed by atoms with Crippen LogP contribution in [0.15, 0.2) is 36.9 Å². The maximum atomic E-state index is 13.0. The van der Waals surface area contributed by atoms with E-state index in [1.807, 2.05) is 13.0 Å². The van der Waals surface area contributed by atoms with Gasteiger partial charge in [-0.25, -0.2) is 4.39 Å². The average Bonchev–Trinajstić information content (AvgIpc) is 2.38. The second kappa shape index (κ2) is 8.46. The molecule has 0 saturated carbocycles. The summed E-state index contributed by atoms with van der Waals surface area (Å²) in [4.78, 5) is 11.9. The lowest BCUT2D eigenvalue weighted by molar-refractivity contribution is 0.0937. The Bertz CT molecular complexity index is 417. The van der Waals surface area contributed by atoms with Crippen LogP contribution in [0.25, 0.3) is 0 Å². The van der Waals surface area contributed by atoms with Gasteiger partial charge in [-0.1, -0.05) is 25.0 Å². The molecule has 0 radical (unpaired) electrons. The summed E-state index contributed by atoms with van der Waals surface area (Å²) in [5, 5.41) is 2.89. The van der Waals surface area contributed by atoms with Gasteiger partial charge in [-0.05, 0) is 44.4 Å². The molecule has 0 fully saturated rings. The Morgan fingerprint density at radius 2 is 2.21 bits per heavy atom. The monoisotopic (exact) mass is 263 g/mol. The molecule has 0 heterocycles. The Labute approximate surface area is 114 Å². The lowest BCUT2D eigenvalue weighted by Crippen LogP contribution is -2.32. The summed E-state index contributed by atoms with van der Waals surface area (Å²) in [5.41, 5.74) is 0.374. The highest BCUT2D eigenvalue weighted by Crippen LogP contribution is 2.08. The second-order valence-electron chi connectivity index (χ2n) is 4.81. The van der Waals surface area contributed by atoms with E-state index in [0.29, 0.717) is 5.56 Å². The number of halogens is 1. The fourth-order valence-corrected chi connectivity index (χ4v) is 1.92. The van der Waals surface area contributed by atoms with E-state index in [1.54, 1.807) is 12.1 Å². The summed E-state index contributed by atoms with van der Waals surface area (Å²) in [6.45, 7) is 5.66. The Morgan fingerprint density at radius 3 is 2.89 bits per heavy atom. The lowest BCUT2D eigenvalue weighted by atomic mass is 10.1. The van der Waals surface area contributed by atoms with Gasteiger partial charge in [0, 0.05) is 11.6 Å². The van der Waals surface area contributed by atoms with Gasteiger partial charge in [0.15, 0.2) is 0 Å². The van der Waals surface area contributed by atoms with Crippen molar-refractivity contribution in [3.8, 4) is 0 Å². The minimum atomic E-state index is -0.385. The Balaban J connectivity index is 2.30. The minimum Gasteiger partial charge on any atom is -0.350 e. The fourth-order valence-electron chi connectivity index (χ4n) is 1.92. The number of carbonyl (C=O) groups excluding carboxylic acids is 1. The summed E-state index contributed by atoms with van der Waals surface area (Å²) >= 11 is 0. The molecular weight excluding hydrogens is 241 g/mol. The van der Waals surface area contributed by atoms with Gasteiger partial charge in [0.25, 0.3) is 5.91 Å². The maximum Gasteiger partial charge on any atom is 0.251 e. The van der Waals surface area contributed by atoms with Crippen molar-refractivity contribution in [2.45, 2.75) is 45.1 Å². The van der Waals surface area contributed by atoms with Gasteiger partial charge in [-0.2, -0.15) is 0 Å². The van der Waals surface area contributed by atoms with E-state index < -0.39 is 0 Å². The van der Waals surface area contributed by atoms with Crippen molar-refractivity contribution in [1.82, 2.24) is 5.32 Å². The molecule has 1 rings (SSSR count). The molecule has 0 unspecified atom stereocenters. The third-order valence-electron chi connectivity index (χ3n) is 3.01. The zero-order valence-corrected chi connectivity index (χ0v) is 11.5. The largest absolute Gasteiger partial charge is 0.350 e. The van der Waals surface area contributed by atoms with Crippen LogP contribution >= 0.6 is 0 Å². The quantitative estimate of drug-likeness (QED) is 0.555. The summed E-state index contributed by atoms with van der Waals surface area (Å²) in [5.74, 6) is -0.595. The van der Waals surface area contributed by atoms with Crippen molar-refractivity contribution >= 4 is 5.91 Å². The van der Waals surface area contributed by atoms with Crippen LogP contribution in [0.2, 0.25) is 0 Å². The van der Waals surface area contributed by atoms with E-state index in [1.165, 1.54) is 12.1 Å². The van der Waals surface area contributed by atoms with Gasteiger partial charge in [-0.15, -0.1) is 6.58 Å². The molecule has 0 aliphatic carbocycles. The van der Waals surface area contributed by atoms with Crippen LogP contribution in [0.1, 0.15) is 49.4 Å². The maximum absolute atomic E-state index is 13.0. The standard InChI is InChI=1S/C16H22FNO/c1-3-4-5-6-7-9-13(2)18-16(19)14-10-8-11-15(17)12-14/h3,8,10-13H,1,4-7,9H2,2H3,(H,18,19)/t13-/m0/s1. The molecule has 1 atom stereocenters. The van der Waals surface area contributed by atoms with Crippen LogP contribution < -0.4 is 5.32 Å². The van der Waals surface area contributed by atoms with Gasteiger partial charge in [-0.3, -0.25) is 4.79 Å². The Morgan fingerprint density at radius 1 is 1.42 bits per heavy atom. The molecule has 0 aromatic heterocycles. The third kappa shape index (κ3) is 6.18. The van der Waals surface area contributed by atoms with Crippen molar-refractivity contribution in [2.24, 2.45) is 0 Å². The summed E-state index contributed by atoms with van der Waals surface area (Å²) in [6, 6.07) is 5.87. The highest BCUT2D eigenvalue weighted by Gasteiger charge is 2.09. The number of carbonyl (C=O) groups is 1. The molecule has 3 heteroatoms. The Kier molecular flexibility index (Phi) is 6.86. The molecular formula is C16H22FNO. The van der Waals surface area contributed by atoms with Crippen LogP contribution in [0, 0.1) is 5.82 Å². The van der Waals surface area contributed by atoms with Crippen molar-refractivity contribution < 1.29 is 9.18 Å². The Hall–Kier alpha value is -1.64. The van der Waals surface area contributed by atoms with E-state index in [2.05, 4.69) is 11.9 Å². The first-order valence-corrected chi connectivity index (χ1v) is 6.81. The van der Waals surface area contributed by atoms with Gasteiger partial charge in [0.1, 0.15) is 5.82 Å². The SMILES string of the molecule is C=CCCCCC[C@H](C)NC(=O)c1cccc(F)c1. The first-order chi connectivity index (χ1) is 9.13. The first kappa shape index (κ1) is 15.4. The fraction of sp³-hybridized carbons (Fsp3) is 0.438. The van der Waals surface area contributed by atoms with Crippen LogP contribution in [0.5, 0.6) is 0 Å².